The lowest BCUT2D eigenvalue weighted by Crippen LogP contribution is -2.58. The van der Waals surface area contributed by atoms with Crippen LogP contribution in [0.15, 0.2) is 78.9 Å². The van der Waals surface area contributed by atoms with Gasteiger partial charge in [-0.25, -0.2) is 0 Å². The molecule has 1 aromatic heterocycles. The first-order valence-corrected chi connectivity index (χ1v) is 19.7. The van der Waals surface area contributed by atoms with E-state index in [1.807, 2.05) is 11.3 Å². The zero-order valence-electron chi connectivity index (χ0n) is 31.5. The quantitative estimate of drug-likeness (QED) is 0.160. The minimum atomic E-state index is -0.0640. The van der Waals surface area contributed by atoms with Crippen molar-refractivity contribution >= 4 is 60.9 Å². The first-order chi connectivity index (χ1) is 24.2. The molecular weight excluding hydrogens is 637 g/mol. The van der Waals surface area contributed by atoms with Crippen LogP contribution in [-0.4, -0.2) is 6.71 Å². The number of nitrogens with zero attached hydrogens (tertiary/aromatic N) is 1. The number of aryl methyl sites for hydroxylation is 2. The number of fused-ring (bicyclic) bond motifs is 12. The molecule has 2 nitrogen and oxygen atoms in total. The van der Waals surface area contributed by atoms with Crippen molar-refractivity contribution in [3.63, 3.8) is 0 Å². The van der Waals surface area contributed by atoms with E-state index in [1.165, 1.54) is 101 Å². The summed E-state index contributed by atoms with van der Waals surface area (Å²) >= 11 is 1.97. The van der Waals surface area contributed by atoms with Gasteiger partial charge in [-0.15, -0.1) is 11.3 Å². The fourth-order valence-corrected chi connectivity index (χ4v) is 11.1. The summed E-state index contributed by atoms with van der Waals surface area (Å²) in [6.07, 6.45) is 3.63. The fraction of sp³-hybridized carbons (Fsp3) is 0.319. The molecule has 0 saturated heterocycles. The number of benzene rings is 5. The third-order valence-electron chi connectivity index (χ3n) is 12.4. The van der Waals surface area contributed by atoms with Crippen LogP contribution in [0.4, 0.5) is 17.1 Å². The molecular formula is C47H46BNOS. The Morgan fingerprint density at radius 2 is 1.55 bits per heavy atom. The normalized spacial score (nSPS) is 16.3. The summed E-state index contributed by atoms with van der Waals surface area (Å²) in [5.74, 6) is 2.06. The van der Waals surface area contributed by atoms with Crippen LogP contribution in [0.1, 0.15) is 101 Å². The molecule has 51 heavy (non-hydrogen) atoms. The summed E-state index contributed by atoms with van der Waals surface area (Å²) in [7, 11) is 0. The van der Waals surface area contributed by atoms with E-state index in [2.05, 4.69) is 146 Å². The van der Waals surface area contributed by atoms with E-state index in [0.29, 0.717) is 0 Å². The van der Waals surface area contributed by atoms with Crippen molar-refractivity contribution in [1.29, 1.82) is 0 Å². The third-order valence-corrected chi connectivity index (χ3v) is 13.6. The summed E-state index contributed by atoms with van der Waals surface area (Å²) in [4.78, 5) is 2.55. The van der Waals surface area contributed by atoms with Crippen molar-refractivity contribution in [2.75, 3.05) is 4.90 Å². The van der Waals surface area contributed by atoms with Crippen LogP contribution < -0.4 is 25.3 Å². The topological polar surface area (TPSA) is 12.5 Å². The second kappa shape index (κ2) is 10.2. The van der Waals surface area contributed by atoms with Crippen LogP contribution >= 0.6 is 11.3 Å². The van der Waals surface area contributed by atoms with Crippen LogP contribution in [0.25, 0.3) is 21.2 Å². The molecule has 254 valence electrons. The summed E-state index contributed by atoms with van der Waals surface area (Å²) in [6.45, 7) is 21.0. The van der Waals surface area contributed by atoms with Crippen LogP contribution in [0.3, 0.4) is 0 Å². The standard InChI is InChI=1S/C47H46BNOS/c1-26-23-36-41-37(24-26)50-43-35(21-20-34-39(43)32-19-13-27-11-10-12-31(27)40(32)47(34,8)9)48(41)44-42(33-25-29(46(5,6)7)16-22-38(33)51-44)49(36)30-17-14-28(15-18-30)45(2,3)4/h13-25H,10-12H2,1-9H3. The van der Waals surface area contributed by atoms with Crippen LogP contribution in [-0.2, 0) is 29.1 Å². The molecule has 4 aliphatic rings. The molecule has 0 radical (unpaired) electrons. The number of hydrogen-bond donors (Lipinski definition) is 0. The summed E-state index contributed by atoms with van der Waals surface area (Å²) < 4.78 is 10.0. The maximum atomic E-state index is 7.30. The van der Waals surface area contributed by atoms with Gasteiger partial charge in [0, 0.05) is 37.2 Å². The van der Waals surface area contributed by atoms with Gasteiger partial charge >= 0.3 is 0 Å². The smallest absolute Gasteiger partial charge is 0.268 e. The van der Waals surface area contributed by atoms with E-state index in [-0.39, 0.29) is 23.0 Å². The molecule has 0 unspecified atom stereocenters. The number of ether oxygens (including phenoxy) is 1. The predicted octanol–water partition coefficient (Wildman–Crippen LogP) is 11.0. The van der Waals surface area contributed by atoms with Crippen molar-refractivity contribution in [3.05, 3.63) is 118 Å². The third kappa shape index (κ3) is 4.29. The number of anilines is 3. The number of hydrogen-bond acceptors (Lipinski definition) is 3. The van der Waals surface area contributed by atoms with E-state index in [0.717, 1.165) is 11.5 Å². The molecule has 2 aliphatic heterocycles. The maximum absolute atomic E-state index is 7.30. The largest absolute Gasteiger partial charge is 0.458 e. The maximum Gasteiger partial charge on any atom is 0.268 e. The fourth-order valence-electron chi connectivity index (χ4n) is 9.79. The lowest BCUT2D eigenvalue weighted by atomic mass is 9.36. The number of thiophene rings is 1. The molecule has 0 spiro atoms. The summed E-state index contributed by atoms with van der Waals surface area (Å²) in [5.41, 5.74) is 19.1. The van der Waals surface area contributed by atoms with Gasteiger partial charge in [-0.2, -0.15) is 0 Å². The predicted molar refractivity (Wildman–Crippen MR) is 219 cm³/mol. The second-order valence-corrected chi connectivity index (χ2v) is 19.2. The van der Waals surface area contributed by atoms with Crippen molar-refractivity contribution < 1.29 is 4.74 Å². The SMILES string of the molecule is Cc1cc2c3c(c1)N(c1ccc(C(C)(C)C)cc1)c1c(sc4ccc(C(C)(C)C)cc14)B3c1ccc3c(c1O2)-c1ccc2c(c1C3(C)C)CCC2. The Labute approximate surface area is 307 Å². The Morgan fingerprint density at radius 3 is 2.29 bits per heavy atom. The lowest BCUT2D eigenvalue weighted by Gasteiger charge is -2.39. The van der Waals surface area contributed by atoms with Crippen molar-refractivity contribution in [2.24, 2.45) is 0 Å². The first kappa shape index (κ1) is 31.5. The average molecular weight is 684 g/mol. The highest BCUT2D eigenvalue weighted by molar-refractivity contribution is 7.33. The molecule has 0 fully saturated rings. The Morgan fingerprint density at radius 1 is 0.804 bits per heavy atom. The monoisotopic (exact) mass is 683 g/mol. The zero-order valence-corrected chi connectivity index (χ0v) is 32.3. The lowest BCUT2D eigenvalue weighted by molar-refractivity contribution is 0.488. The van der Waals surface area contributed by atoms with Crippen LogP contribution in [0.5, 0.6) is 11.5 Å². The van der Waals surface area contributed by atoms with Gasteiger partial charge in [0.2, 0.25) is 0 Å². The molecule has 0 N–H and O–H groups in total. The first-order valence-electron chi connectivity index (χ1n) is 18.8. The van der Waals surface area contributed by atoms with E-state index >= 15 is 0 Å². The van der Waals surface area contributed by atoms with Crippen LogP contribution in [0, 0.1) is 6.92 Å². The highest BCUT2D eigenvalue weighted by Crippen LogP contribution is 2.56. The Bertz CT molecular complexity index is 2490. The highest BCUT2D eigenvalue weighted by Gasteiger charge is 2.48. The van der Waals surface area contributed by atoms with Gasteiger partial charge in [-0.3, -0.25) is 0 Å². The van der Waals surface area contributed by atoms with Gasteiger partial charge < -0.3 is 9.64 Å². The molecule has 0 bridgehead atoms. The molecule has 0 amide bonds. The van der Waals surface area contributed by atoms with Gasteiger partial charge in [0.05, 0.1) is 5.69 Å². The van der Waals surface area contributed by atoms with Crippen LogP contribution in [0.2, 0.25) is 0 Å². The number of rotatable bonds is 1. The minimum Gasteiger partial charge on any atom is -0.458 e. The van der Waals surface area contributed by atoms with E-state index in [4.69, 9.17) is 4.74 Å². The summed E-state index contributed by atoms with van der Waals surface area (Å²) in [6, 6.07) is 30.9. The molecule has 4 heteroatoms. The van der Waals surface area contributed by atoms with E-state index < -0.39 is 0 Å². The molecule has 2 aliphatic carbocycles. The molecule has 6 aromatic rings. The van der Waals surface area contributed by atoms with Gasteiger partial charge in [0.15, 0.2) is 0 Å². The van der Waals surface area contributed by atoms with Crippen molar-refractivity contribution in [3.8, 4) is 22.6 Å². The highest BCUT2D eigenvalue weighted by atomic mass is 32.1. The minimum absolute atomic E-state index is 0.0464. The summed E-state index contributed by atoms with van der Waals surface area (Å²) in [5, 5.41) is 1.34. The van der Waals surface area contributed by atoms with Gasteiger partial charge in [-0.05, 0) is 129 Å². The van der Waals surface area contributed by atoms with E-state index in [9.17, 15) is 0 Å². The Kier molecular flexibility index (Phi) is 6.29. The molecule has 10 rings (SSSR count). The van der Waals surface area contributed by atoms with Gasteiger partial charge in [0.25, 0.3) is 6.71 Å². The second-order valence-electron chi connectivity index (χ2n) is 18.1. The van der Waals surface area contributed by atoms with Gasteiger partial charge in [-0.1, -0.05) is 97.9 Å². The van der Waals surface area contributed by atoms with Crippen molar-refractivity contribution in [2.45, 2.75) is 97.8 Å². The molecule has 0 saturated carbocycles. The molecule has 3 heterocycles. The van der Waals surface area contributed by atoms with E-state index in [1.54, 1.807) is 11.1 Å². The average Bonchev–Trinajstić information content (AvgIpc) is 3.76. The zero-order chi connectivity index (χ0) is 35.4. The molecule has 0 atom stereocenters. The van der Waals surface area contributed by atoms with Gasteiger partial charge in [0.1, 0.15) is 11.5 Å². The Hall–Kier alpha value is -4.28. The molecule has 5 aromatic carbocycles. The Balaban J connectivity index is 1.27. The van der Waals surface area contributed by atoms with Crippen molar-refractivity contribution in [1.82, 2.24) is 0 Å².